The molecule has 0 aliphatic carbocycles. The largest absolute Gasteiger partial charge is 0.357 e. The van der Waals surface area contributed by atoms with E-state index in [0.29, 0.717) is 23.1 Å². The Kier molecular flexibility index (Phi) is 7.54. The zero-order valence-corrected chi connectivity index (χ0v) is 16.7. The molecule has 0 bridgehead atoms. The smallest absolute Gasteiger partial charge is 0.191 e. The van der Waals surface area contributed by atoms with Crippen LogP contribution >= 0.6 is 0 Å². The number of aromatic nitrogens is 1. The van der Waals surface area contributed by atoms with Gasteiger partial charge in [0.1, 0.15) is 5.82 Å². The van der Waals surface area contributed by atoms with E-state index < -0.39 is 0 Å². The molecule has 7 heteroatoms. The van der Waals surface area contributed by atoms with Gasteiger partial charge in [-0.2, -0.15) is 5.26 Å². The second kappa shape index (κ2) is 10.5. The zero-order valence-electron chi connectivity index (χ0n) is 16.7. The number of hydrogen-bond acceptors (Lipinski definition) is 4. The van der Waals surface area contributed by atoms with Gasteiger partial charge in [0.25, 0.3) is 0 Å². The Hall–Kier alpha value is -2.98. The van der Waals surface area contributed by atoms with Gasteiger partial charge in [0.2, 0.25) is 0 Å². The average molecular weight is 394 g/mol. The lowest BCUT2D eigenvalue weighted by atomic mass is 10.0. The van der Waals surface area contributed by atoms with Gasteiger partial charge < -0.3 is 10.6 Å². The molecule has 1 saturated heterocycles. The Morgan fingerprint density at radius 2 is 2.14 bits per heavy atom. The summed E-state index contributed by atoms with van der Waals surface area (Å²) in [5.74, 6) is 0.337. The minimum Gasteiger partial charge on any atom is -0.357 e. The lowest BCUT2D eigenvalue weighted by Crippen LogP contribution is -2.48. The minimum absolute atomic E-state index is 0.190. The maximum absolute atomic E-state index is 14.0. The number of hydrogen-bond donors (Lipinski definition) is 2. The van der Waals surface area contributed by atoms with Crippen molar-refractivity contribution in [3.05, 3.63) is 65.2 Å². The molecule has 0 unspecified atom stereocenters. The highest BCUT2D eigenvalue weighted by atomic mass is 19.1. The van der Waals surface area contributed by atoms with Gasteiger partial charge in [-0.15, -0.1) is 0 Å². The Bertz CT molecular complexity index is 853. The first-order valence-corrected chi connectivity index (χ1v) is 10.0. The first-order chi connectivity index (χ1) is 14.2. The standard InChI is InChI=1S/C22H27FN6/c1-2-25-22(27-15-18-13-17(14-24)6-7-21(18)23)28-19-8-11-29(12-9-19)16-20-5-3-4-10-26-20/h3-7,10,13,19H,2,8-9,11-12,15-16H2,1H3,(H2,25,27,28). The molecule has 0 atom stereocenters. The number of nitrogens with one attached hydrogen (secondary N) is 2. The molecule has 1 aromatic carbocycles. The van der Waals surface area contributed by atoms with Crippen LogP contribution in [-0.4, -0.2) is 41.5 Å². The molecule has 152 valence electrons. The molecule has 1 aliphatic rings. The van der Waals surface area contributed by atoms with E-state index >= 15 is 0 Å². The van der Waals surface area contributed by atoms with Crippen LogP contribution in [0.1, 0.15) is 36.6 Å². The minimum atomic E-state index is -0.341. The van der Waals surface area contributed by atoms with Gasteiger partial charge in [-0.25, -0.2) is 9.38 Å². The van der Waals surface area contributed by atoms with E-state index in [1.165, 1.54) is 12.1 Å². The number of pyridine rings is 1. The molecule has 1 aromatic heterocycles. The highest BCUT2D eigenvalue weighted by molar-refractivity contribution is 5.80. The van der Waals surface area contributed by atoms with Gasteiger partial charge in [0.05, 0.1) is 23.9 Å². The predicted molar refractivity (Wildman–Crippen MR) is 112 cm³/mol. The summed E-state index contributed by atoms with van der Waals surface area (Å²) in [4.78, 5) is 11.3. The molecule has 0 radical (unpaired) electrons. The molecule has 0 saturated carbocycles. The molecule has 29 heavy (non-hydrogen) atoms. The number of piperidine rings is 1. The number of nitriles is 1. The number of benzene rings is 1. The first kappa shape index (κ1) is 20.7. The lowest BCUT2D eigenvalue weighted by Gasteiger charge is -2.32. The van der Waals surface area contributed by atoms with Crippen LogP contribution in [0.15, 0.2) is 47.6 Å². The summed E-state index contributed by atoms with van der Waals surface area (Å²) in [5, 5.41) is 15.7. The fourth-order valence-electron chi connectivity index (χ4n) is 3.40. The highest BCUT2D eigenvalue weighted by Gasteiger charge is 2.20. The Morgan fingerprint density at radius 1 is 1.31 bits per heavy atom. The van der Waals surface area contributed by atoms with Crippen LogP contribution < -0.4 is 10.6 Å². The molecule has 2 heterocycles. The van der Waals surface area contributed by atoms with E-state index in [9.17, 15) is 4.39 Å². The molecule has 3 rings (SSSR count). The number of nitrogens with zero attached hydrogens (tertiary/aromatic N) is 4. The normalized spacial score (nSPS) is 15.7. The number of likely N-dealkylation sites (tertiary alicyclic amines) is 1. The summed E-state index contributed by atoms with van der Waals surface area (Å²) in [6.07, 6.45) is 3.85. The van der Waals surface area contributed by atoms with E-state index in [2.05, 4.69) is 31.6 Å². The third kappa shape index (κ3) is 6.26. The van der Waals surface area contributed by atoms with Crippen molar-refractivity contribution in [1.29, 1.82) is 5.26 Å². The second-order valence-electron chi connectivity index (χ2n) is 7.13. The summed E-state index contributed by atoms with van der Waals surface area (Å²) < 4.78 is 14.0. The number of guanidine groups is 1. The highest BCUT2D eigenvalue weighted by Crippen LogP contribution is 2.14. The van der Waals surface area contributed by atoms with Crippen molar-refractivity contribution in [2.24, 2.45) is 4.99 Å². The van der Waals surface area contributed by atoms with Crippen molar-refractivity contribution < 1.29 is 4.39 Å². The summed E-state index contributed by atoms with van der Waals surface area (Å²) in [5.41, 5.74) is 1.96. The third-order valence-corrected chi connectivity index (χ3v) is 4.97. The summed E-state index contributed by atoms with van der Waals surface area (Å²) in [6, 6.07) is 12.7. The predicted octanol–water partition coefficient (Wildman–Crippen LogP) is 2.81. The Morgan fingerprint density at radius 3 is 2.83 bits per heavy atom. The SMILES string of the molecule is CCNC(=NCc1cc(C#N)ccc1F)NC1CCN(Cc2ccccn2)CC1. The first-order valence-electron chi connectivity index (χ1n) is 10.0. The molecular formula is C22H27FN6. The zero-order chi connectivity index (χ0) is 20.5. The quantitative estimate of drug-likeness (QED) is 0.582. The van der Waals surface area contributed by atoms with Crippen molar-refractivity contribution in [3.63, 3.8) is 0 Å². The van der Waals surface area contributed by atoms with Crippen molar-refractivity contribution in [1.82, 2.24) is 20.5 Å². The van der Waals surface area contributed by atoms with Crippen molar-refractivity contribution in [2.75, 3.05) is 19.6 Å². The van der Waals surface area contributed by atoms with E-state index in [1.807, 2.05) is 31.3 Å². The molecular weight excluding hydrogens is 367 g/mol. The van der Waals surface area contributed by atoms with Gasteiger partial charge >= 0.3 is 0 Å². The third-order valence-electron chi connectivity index (χ3n) is 4.97. The molecule has 6 nitrogen and oxygen atoms in total. The Labute approximate surface area is 171 Å². The van der Waals surface area contributed by atoms with Crippen LogP contribution in [0.3, 0.4) is 0 Å². The molecule has 1 fully saturated rings. The van der Waals surface area contributed by atoms with E-state index in [-0.39, 0.29) is 12.4 Å². The average Bonchev–Trinajstić information content (AvgIpc) is 2.75. The summed E-state index contributed by atoms with van der Waals surface area (Å²) >= 11 is 0. The number of aliphatic imine (C=N–C) groups is 1. The van der Waals surface area contributed by atoms with Gasteiger partial charge in [0.15, 0.2) is 5.96 Å². The van der Waals surface area contributed by atoms with Gasteiger partial charge in [-0.3, -0.25) is 9.88 Å². The van der Waals surface area contributed by atoms with Gasteiger partial charge in [-0.1, -0.05) is 6.07 Å². The Balaban J connectivity index is 1.54. The van der Waals surface area contributed by atoms with E-state index in [1.54, 1.807) is 6.07 Å². The van der Waals surface area contributed by atoms with Crippen molar-refractivity contribution in [3.8, 4) is 6.07 Å². The fourth-order valence-corrected chi connectivity index (χ4v) is 3.40. The topological polar surface area (TPSA) is 76.3 Å². The van der Waals surface area contributed by atoms with Gasteiger partial charge in [-0.05, 0) is 50.1 Å². The summed E-state index contributed by atoms with van der Waals surface area (Å²) in [6.45, 7) is 5.78. The van der Waals surface area contributed by atoms with Crippen LogP contribution in [0, 0.1) is 17.1 Å². The van der Waals surface area contributed by atoms with Crippen LogP contribution in [-0.2, 0) is 13.1 Å². The number of rotatable bonds is 6. The molecule has 0 amide bonds. The molecule has 2 N–H and O–H groups in total. The van der Waals surface area contributed by atoms with Crippen LogP contribution in [0.5, 0.6) is 0 Å². The number of halogens is 1. The van der Waals surface area contributed by atoms with E-state index in [4.69, 9.17) is 5.26 Å². The maximum Gasteiger partial charge on any atom is 0.191 e. The molecule has 1 aliphatic heterocycles. The second-order valence-corrected chi connectivity index (χ2v) is 7.13. The summed E-state index contributed by atoms with van der Waals surface area (Å²) in [7, 11) is 0. The van der Waals surface area contributed by atoms with Crippen LogP contribution in [0.2, 0.25) is 0 Å². The van der Waals surface area contributed by atoms with Crippen molar-refractivity contribution >= 4 is 5.96 Å². The lowest BCUT2D eigenvalue weighted by molar-refractivity contribution is 0.196. The van der Waals surface area contributed by atoms with Crippen LogP contribution in [0.4, 0.5) is 4.39 Å². The van der Waals surface area contributed by atoms with Gasteiger partial charge in [0, 0.05) is 44.0 Å². The monoisotopic (exact) mass is 394 g/mol. The van der Waals surface area contributed by atoms with Crippen molar-refractivity contribution in [2.45, 2.75) is 38.9 Å². The van der Waals surface area contributed by atoms with E-state index in [0.717, 1.165) is 44.7 Å². The molecule has 0 spiro atoms. The maximum atomic E-state index is 14.0. The molecule has 2 aromatic rings. The van der Waals surface area contributed by atoms with Crippen LogP contribution in [0.25, 0.3) is 0 Å². The fraction of sp³-hybridized carbons (Fsp3) is 0.409.